The van der Waals surface area contributed by atoms with Gasteiger partial charge in [-0.1, -0.05) is 12.1 Å². The molecule has 0 heterocycles. The number of hydrogen-bond donors (Lipinski definition) is 0. The van der Waals surface area contributed by atoms with Crippen molar-refractivity contribution in [3.05, 3.63) is 29.8 Å². The standard InChI is InChI=1S/C17H24O5/c1-17(2,3)16(19)22-12-15(9-10-18)21-11-13-5-7-14(20-4)8-6-13/h5-8,10,15H,9,11-12H2,1-4H3/t15-/m1/s1. The zero-order chi connectivity index (χ0) is 16.6. The monoisotopic (exact) mass is 308 g/mol. The zero-order valence-electron chi connectivity index (χ0n) is 13.6. The van der Waals surface area contributed by atoms with Crippen LogP contribution in [0.25, 0.3) is 0 Å². The maximum Gasteiger partial charge on any atom is 0.311 e. The van der Waals surface area contributed by atoms with Gasteiger partial charge in [0.2, 0.25) is 0 Å². The lowest BCUT2D eigenvalue weighted by Crippen LogP contribution is -2.28. The summed E-state index contributed by atoms with van der Waals surface area (Å²) in [5.41, 5.74) is 0.390. The summed E-state index contributed by atoms with van der Waals surface area (Å²) in [5, 5.41) is 0. The molecule has 5 heteroatoms. The molecule has 0 aliphatic heterocycles. The fourth-order valence-corrected chi connectivity index (χ4v) is 1.61. The average Bonchev–Trinajstić information content (AvgIpc) is 2.49. The Bertz CT molecular complexity index is 473. The molecule has 0 aromatic heterocycles. The number of carbonyl (C=O) groups excluding carboxylic acids is 2. The molecule has 1 rings (SSSR count). The second kappa shape index (κ2) is 8.54. The maximum atomic E-state index is 11.7. The highest BCUT2D eigenvalue weighted by Crippen LogP contribution is 2.16. The van der Waals surface area contributed by atoms with E-state index < -0.39 is 11.5 Å². The van der Waals surface area contributed by atoms with Gasteiger partial charge in [-0.2, -0.15) is 0 Å². The Kier molecular flexibility index (Phi) is 7.05. The fraction of sp³-hybridized carbons (Fsp3) is 0.529. The van der Waals surface area contributed by atoms with Crippen LogP contribution >= 0.6 is 0 Å². The summed E-state index contributed by atoms with van der Waals surface area (Å²) < 4.78 is 15.9. The molecule has 0 unspecified atom stereocenters. The molecule has 1 aromatic rings. The molecule has 0 saturated heterocycles. The van der Waals surface area contributed by atoms with Gasteiger partial charge in [0.1, 0.15) is 18.6 Å². The van der Waals surface area contributed by atoms with E-state index in [0.717, 1.165) is 17.6 Å². The van der Waals surface area contributed by atoms with E-state index in [4.69, 9.17) is 14.2 Å². The van der Waals surface area contributed by atoms with Gasteiger partial charge in [0.05, 0.1) is 25.2 Å². The smallest absolute Gasteiger partial charge is 0.311 e. The van der Waals surface area contributed by atoms with Crippen LogP contribution in [0, 0.1) is 5.41 Å². The third-order valence-corrected chi connectivity index (χ3v) is 3.02. The van der Waals surface area contributed by atoms with Crippen molar-refractivity contribution in [2.24, 2.45) is 5.41 Å². The second-order valence-corrected chi connectivity index (χ2v) is 6.03. The Morgan fingerprint density at radius 2 is 1.86 bits per heavy atom. The molecule has 0 bridgehead atoms. The van der Waals surface area contributed by atoms with Crippen molar-refractivity contribution in [1.29, 1.82) is 0 Å². The number of ether oxygens (including phenoxy) is 3. The Labute approximate surface area is 131 Å². The lowest BCUT2D eigenvalue weighted by atomic mass is 9.97. The molecule has 0 amide bonds. The van der Waals surface area contributed by atoms with Gasteiger partial charge in [0, 0.05) is 6.42 Å². The Morgan fingerprint density at radius 3 is 2.36 bits per heavy atom. The Morgan fingerprint density at radius 1 is 1.23 bits per heavy atom. The van der Waals surface area contributed by atoms with Crippen LogP contribution in [0.15, 0.2) is 24.3 Å². The number of rotatable bonds is 8. The highest BCUT2D eigenvalue weighted by Gasteiger charge is 2.24. The lowest BCUT2D eigenvalue weighted by Gasteiger charge is -2.20. The number of methoxy groups -OCH3 is 1. The fourth-order valence-electron chi connectivity index (χ4n) is 1.61. The maximum absolute atomic E-state index is 11.7. The van der Waals surface area contributed by atoms with Crippen molar-refractivity contribution < 1.29 is 23.8 Å². The Balaban J connectivity index is 2.49. The minimum absolute atomic E-state index is 0.0744. The van der Waals surface area contributed by atoms with Crippen LogP contribution in [-0.2, 0) is 25.7 Å². The van der Waals surface area contributed by atoms with Crippen molar-refractivity contribution in [3.63, 3.8) is 0 Å². The molecule has 22 heavy (non-hydrogen) atoms. The van der Waals surface area contributed by atoms with E-state index in [1.807, 2.05) is 24.3 Å². The molecule has 1 aromatic carbocycles. The number of benzene rings is 1. The molecule has 0 aliphatic carbocycles. The van der Waals surface area contributed by atoms with E-state index in [0.29, 0.717) is 6.61 Å². The first kappa shape index (κ1) is 18.2. The van der Waals surface area contributed by atoms with Crippen LogP contribution < -0.4 is 4.74 Å². The van der Waals surface area contributed by atoms with Gasteiger partial charge in [-0.3, -0.25) is 4.79 Å². The van der Waals surface area contributed by atoms with Crippen molar-refractivity contribution in [2.45, 2.75) is 39.9 Å². The van der Waals surface area contributed by atoms with Crippen LogP contribution in [0.2, 0.25) is 0 Å². The van der Waals surface area contributed by atoms with E-state index >= 15 is 0 Å². The SMILES string of the molecule is COc1ccc(CO[C@H](CC=O)COC(=O)C(C)(C)C)cc1. The lowest BCUT2D eigenvalue weighted by molar-refractivity contribution is -0.158. The number of carbonyl (C=O) groups is 2. The van der Waals surface area contributed by atoms with E-state index in [1.54, 1.807) is 27.9 Å². The molecular formula is C17H24O5. The summed E-state index contributed by atoms with van der Waals surface area (Å²) >= 11 is 0. The van der Waals surface area contributed by atoms with E-state index in [-0.39, 0.29) is 19.0 Å². The molecule has 0 fully saturated rings. The summed E-state index contributed by atoms with van der Waals surface area (Å²) in [6.45, 7) is 5.76. The number of hydrogen-bond acceptors (Lipinski definition) is 5. The summed E-state index contributed by atoms with van der Waals surface area (Å²) in [6.07, 6.45) is 0.517. The summed E-state index contributed by atoms with van der Waals surface area (Å²) in [5.74, 6) is 0.462. The molecule has 1 atom stereocenters. The van der Waals surface area contributed by atoms with Crippen molar-refractivity contribution >= 4 is 12.3 Å². The largest absolute Gasteiger partial charge is 0.497 e. The summed E-state index contributed by atoms with van der Waals surface area (Å²) in [6, 6.07) is 7.45. The molecular weight excluding hydrogens is 284 g/mol. The molecule has 0 spiro atoms. The molecule has 0 N–H and O–H groups in total. The van der Waals surface area contributed by atoms with Crippen LogP contribution in [0.1, 0.15) is 32.8 Å². The number of aldehydes is 1. The van der Waals surface area contributed by atoms with Gasteiger partial charge < -0.3 is 19.0 Å². The van der Waals surface area contributed by atoms with Gasteiger partial charge in [-0.25, -0.2) is 0 Å². The molecule has 5 nitrogen and oxygen atoms in total. The quantitative estimate of drug-likeness (QED) is 0.546. The van der Waals surface area contributed by atoms with Gasteiger partial charge >= 0.3 is 5.97 Å². The van der Waals surface area contributed by atoms with Gasteiger partial charge in [-0.05, 0) is 38.5 Å². The van der Waals surface area contributed by atoms with E-state index in [9.17, 15) is 9.59 Å². The summed E-state index contributed by atoms with van der Waals surface area (Å²) in [4.78, 5) is 22.5. The zero-order valence-corrected chi connectivity index (χ0v) is 13.6. The van der Waals surface area contributed by atoms with Crippen LogP contribution in [0.4, 0.5) is 0 Å². The average molecular weight is 308 g/mol. The molecule has 122 valence electrons. The highest BCUT2D eigenvalue weighted by atomic mass is 16.6. The van der Waals surface area contributed by atoms with Crippen molar-refractivity contribution in [3.8, 4) is 5.75 Å². The van der Waals surface area contributed by atoms with Crippen LogP contribution in [0.3, 0.4) is 0 Å². The highest BCUT2D eigenvalue weighted by molar-refractivity contribution is 5.75. The minimum atomic E-state index is -0.568. The molecule has 0 radical (unpaired) electrons. The van der Waals surface area contributed by atoms with Crippen molar-refractivity contribution in [1.82, 2.24) is 0 Å². The predicted octanol–water partition coefficient (Wildman–Crippen LogP) is 2.76. The van der Waals surface area contributed by atoms with Gasteiger partial charge in [-0.15, -0.1) is 0 Å². The third-order valence-electron chi connectivity index (χ3n) is 3.02. The molecule has 0 saturated carbocycles. The summed E-state index contributed by atoms with van der Waals surface area (Å²) in [7, 11) is 1.61. The third kappa shape index (κ3) is 6.26. The first-order valence-corrected chi connectivity index (χ1v) is 7.22. The number of esters is 1. The van der Waals surface area contributed by atoms with Gasteiger partial charge in [0.25, 0.3) is 0 Å². The van der Waals surface area contributed by atoms with E-state index in [1.165, 1.54) is 0 Å². The minimum Gasteiger partial charge on any atom is -0.497 e. The Hall–Kier alpha value is -1.88. The first-order valence-electron chi connectivity index (χ1n) is 7.22. The topological polar surface area (TPSA) is 61.8 Å². The van der Waals surface area contributed by atoms with Gasteiger partial charge in [0.15, 0.2) is 0 Å². The molecule has 0 aliphatic rings. The normalized spacial score (nSPS) is 12.5. The van der Waals surface area contributed by atoms with E-state index in [2.05, 4.69) is 0 Å². The van der Waals surface area contributed by atoms with Crippen LogP contribution in [0.5, 0.6) is 5.75 Å². The second-order valence-electron chi connectivity index (χ2n) is 6.03. The van der Waals surface area contributed by atoms with Crippen LogP contribution in [-0.4, -0.2) is 32.1 Å². The van der Waals surface area contributed by atoms with Crippen molar-refractivity contribution in [2.75, 3.05) is 13.7 Å². The first-order chi connectivity index (χ1) is 10.4. The predicted molar refractivity (Wildman–Crippen MR) is 82.7 cm³/mol.